The lowest BCUT2D eigenvalue weighted by atomic mass is 9.86. The second-order valence-corrected chi connectivity index (χ2v) is 8.27. The summed E-state index contributed by atoms with van der Waals surface area (Å²) in [6, 6.07) is 8.62. The summed E-state index contributed by atoms with van der Waals surface area (Å²) in [5.41, 5.74) is 2.11. The van der Waals surface area contributed by atoms with Gasteiger partial charge in [-0.3, -0.25) is 4.90 Å². The number of carbonyl (C=O) groups is 1. The van der Waals surface area contributed by atoms with Gasteiger partial charge in [0, 0.05) is 19.6 Å². The smallest absolute Gasteiger partial charge is 0.410 e. The molecule has 1 fully saturated rings. The zero-order chi connectivity index (χ0) is 17.3. The molecule has 0 aliphatic carbocycles. The highest BCUT2D eigenvalue weighted by atomic mass is 16.6. The molecule has 1 aromatic carbocycles. The van der Waals surface area contributed by atoms with E-state index in [1.165, 1.54) is 5.56 Å². The second-order valence-electron chi connectivity index (χ2n) is 8.27. The van der Waals surface area contributed by atoms with Crippen molar-refractivity contribution in [3.05, 3.63) is 35.4 Å². The molecular formula is C19H30N2O2. The Labute approximate surface area is 140 Å². The Morgan fingerprint density at radius 3 is 2.26 bits per heavy atom. The van der Waals surface area contributed by atoms with Gasteiger partial charge in [-0.1, -0.05) is 45.0 Å². The average Bonchev–Trinajstić information content (AvgIpc) is 2.45. The van der Waals surface area contributed by atoms with Crippen molar-refractivity contribution in [3.8, 4) is 0 Å². The third-order valence-corrected chi connectivity index (χ3v) is 4.03. The topological polar surface area (TPSA) is 41.6 Å². The maximum atomic E-state index is 12.5. The Hall–Kier alpha value is -1.55. The van der Waals surface area contributed by atoms with Gasteiger partial charge in [0.05, 0.1) is 6.04 Å². The van der Waals surface area contributed by atoms with Gasteiger partial charge in [-0.05, 0) is 37.3 Å². The molecule has 0 spiro atoms. The number of amides is 1. The van der Waals surface area contributed by atoms with E-state index >= 15 is 0 Å². The van der Waals surface area contributed by atoms with Gasteiger partial charge in [0.1, 0.15) is 5.60 Å². The number of hydrogen-bond acceptors (Lipinski definition) is 3. The largest absolute Gasteiger partial charge is 0.444 e. The number of ether oxygens (including phenoxy) is 1. The third kappa shape index (κ3) is 4.71. The summed E-state index contributed by atoms with van der Waals surface area (Å²) >= 11 is 0. The van der Waals surface area contributed by atoms with Crippen molar-refractivity contribution in [1.29, 1.82) is 0 Å². The fraction of sp³-hybridized carbons (Fsp3) is 0.632. The van der Waals surface area contributed by atoms with E-state index < -0.39 is 5.60 Å². The molecule has 1 heterocycles. The minimum atomic E-state index is -0.470. The minimum absolute atomic E-state index is 0.0209. The van der Waals surface area contributed by atoms with E-state index in [9.17, 15) is 4.79 Å². The first kappa shape index (κ1) is 17.8. The molecule has 1 amide bonds. The van der Waals surface area contributed by atoms with Crippen LogP contribution in [0.5, 0.6) is 0 Å². The van der Waals surface area contributed by atoms with Crippen LogP contribution >= 0.6 is 0 Å². The minimum Gasteiger partial charge on any atom is -0.444 e. The van der Waals surface area contributed by atoms with Gasteiger partial charge in [0.15, 0.2) is 0 Å². The summed E-state index contributed by atoms with van der Waals surface area (Å²) in [6.45, 7) is 14.6. The molecular weight excluding hydrogens is 288 g/mol. The maximum Gasteiger partial charge on any atom is 0.410 e. The lowest BCUT2D eigenvalue weighted by Gasteiger charge is -2.37. The molecule has 0 bridgehead atoms. The Morgan fingerprint density at radius 1 is 1.13 bits per heavy atom. The molecule has 0 radical (unpaired) electrons. The van der Waals surface area contributed by atoms with Crippen LogP contribution in [0.3, 0.4) is 0 Å². The van der Waals surface area contributed by atoms with Crippen LogP contribution < -0.4 is 5.32 Å². The first-order valence-electron chi connectivity index (χ1n) is 8.39. The van der Waals surface area contributed by atoms with Crippen LogP contribution in [-0.4, -0.2) is 36.2 Å². The molecule has 23 heavy (non-hydrogen) atoms. The average molecular weight is 318 g/mol. The van der Waals surface area contributed by atoms with Crippen molar-refractivity contribution < 1.29 is 9.53 Å². The van der Waals surface area contributed by atoms with Crippen LogP contribution in [-0.2, 0) is 10.2 Å². The summed E-state index contributed by atoms with van der Waals surface area (Å²) in [5.74, 6) is 0. The van der Waals surface area contributed by atoms with Gasteiger partial charge >= 0.3 is 6.09 Å². The van der Waals surface area contributed by atoms with Gasteiger partial charge in [-0.25, -0.2) is 4.79 Å². The Kier molecular flexibility index (Phi) is 5.04. The Balaban J connectivity index is 2.19. The lowest BCUT2D eigenvalue weighted by molar-refractivity contribution is 0.0118. The van der Waals surface area contributed by atoms with Gasteiger partial charge in [-0.2, -0.15) is 0 Å². The molecule has 0 unspecified atom stereocenters. The van der Waals surface area contributed by atoms with E-state index in [0.717, 1.165) is 18.7 Å². The lowest BCUT2D eigenvalue weighted by Crippen LogP contribution is -2.50. The molecule has 2 rings (SSSR count). The predicted octanol–water partition coefficient (Wildman–Crippen LogP) is 3.87. The summed E-state index contributed by atoms with van der Waals surface area (Å²) in [6.07, 6.45) is -0.233. The third-order valence-electron chi connectivity index (χ3n) is 4.03. The van der Waals surface area contributed by atoms with Crippen LogP contribution in [0.4, 0.5) is 4.79 Å². The van der Waals surface area contributed by atoms with Crippen molar-refractivity contribution in [2.45, 2.75) is 58.6 Å². The van der Waals surface area contributed by atoms with E-state index in [0.29, 0.717) is 6.54 Å². The molecule has 1 aliphatic heterocycles. The monoisotopic (exact) mass is 318 g/mol. The highest BCUT2D eigenvalue weighted by Gasteiger charge is 2.31. The predicted molar refractivity (Wildman–Crippen MR) is 93.7 cm³/mol. The number of benzene rings is 1. The van der Waals surface area contributed by atoms with E-state index in [1.54, 1.807) is 0 Å². The number of nitrogens with one attached hydrogen (secondary N) is 1. The number of carbonyl (C=O) groups excluding carboxylic acids is 1. The molecule has 128 valence electrons. The summed E-state index contributed by atoms with van der Waals surface area (Å²) in [5, 5.41) is 3.38. The zero-order valence-electron chi connectivity index (χ0n) is 15.3. The Morgan fingerprint density at radius 2 is 1.74 bits per heavy atom. The molecule has 0 aromatic heterocycles. The molecule has 1 atom stereocenters. The summed E-state index contributed by atoms with van der Waals surface area (Å²) in [4.78, 5) is 14.3. The molecule has 1 saturated heterocycles. The molecule has 1 N–H and O–H groups in total. The van der Waals surface area contributed by atoms with Gasteiger partial charge < -0.3 is 10.1 Å². The fourth-order valence-corrected chi connectivity index (χ4v) is 2.75. The van der Waals surface area contributed by atoms with Gasteiger partial charge in [-0.15, -0.1) is 0 Å². The molecule has 1 aliphatic rings. The highest BCUT2D eigenvalue weighted by Crippen LogP contribution is 2.28. The van der Waals surface area contributed by atoms with E-state index in [-0.39, 0.29) is 17.6 Å². The summed E-state index contributed by atoms with van der Waals surface area (Å²) in [7, 11) is 0. The zero-order valence-corrected chi connectivity index (χ0v) is 15.3. The number of nitrogens with zero attached hydrogens (tertiary/aromatic N) is 1. The van der Waals surface area contributed by atoms with Crippen LogP contribution in [0.25, 0.3) is 0 Å². The van der Waals surface area contributed by atoms with Gasteiger partial charge in [0.25, 0.3) is 0 Å². The van der Waals surface area contributed by atoms with Crippen LogP contribution in [0.1, 0.15) is 58.7 Å². The number of piperazine rings is 1. The fourth-order valence-electron chi connectivity index (χ4n) is 2.75. The Bertz CT molecular complexity index is 538. The van der Waals surface area contributed by atoms with E-state index in [2.05, 4.69) is 50.4 Å². The second kappa shape index (κ2) is 6.52. The van der Waals surface area contributed by atoms with Crippen molar-refractivity contribution >= 4 is 6.09 Å². The maximum absolute atomic E-state index is 12.5. The number of rotatable bonds is 1. The van der Waals surface area contributed by atoms with E-state index in [1.807, 2.05) is 25.7 Å². The number of hydrogen-bond donors (Lipinski definition) is 1. The highest BCUT2D eigenvalue weighted by molar-refractivity contribution is 5.69. The SMILES string of the molecule is CC(C)(C)OC(=O)N1CCNC[C@H]1c1ccc(C(C)(C)C)cc1. The van der Waals surface area contributed by atoms with Crippen molar-refractivity contribution in [2.75, 3.05) is 19.6 Å². The quantitative estimate of drug-likeness (QED) is 0.855. The molecule has 4 nitrogen and oxygen atoms in total. The molecule has 0 saturated carbocycles. The van der Waals surface area contributed by atoms with Crippen molar-refractivity contribution in [2.24, 2.45) is 0 Å². The van der Waals surface area contributed by atoms with Crippen molar-refractivity contribution in [3.63, 3.8) is 0 Å². The standard InChI is InChI=1S/C19H30N2O2/c1-18(2,3)15-9-7-14(8-10-15)16-13-20-11-12-21(16)17(22)23-19(4,5)6/h7-10,16,20H,11-13H2,1-6H3/t16-/m0/s1. The van der Waals surface area contributed by atoms with Crippen LogP contribution in [0.15, 0.2) is 24.3 Å². The first-order chi connectivity index (χ1) is 10.6. The normalized spacial score (nSPS) is 19.6. The van der Waals surface area contributed by atoms with Crippen LogP contribution in [0.2, 0.25) is 0 Å². The summed E-state index contributed by atoms with van der Waals surface area (Å²) < 4.78 is 5.57. The van der Waals surface area contributed by atoms with E-state index in [4.69, 9.17) is 4.74 Å². The van der Waals surface area contributed by atoms with Crippen LogP contribution in [0, 0.1) is 0 Å². The van der Waals surface area contributed by atoms with Crippen molar-refractivity contribution in [1.82, 2.24) is 10.2 Å². The molecule has 4 heteroatoms. The molecule has 1 aromatic rings. The van der Waals surface area contributed by atoms with Gasteiger partial charge in [0.2, 0.25) is 0 Å². The first-order valence-corrected chi connectivity index (χ1v) is 8.39.